The van der Waals surface area contributed by atoms with Crippen LogP contribution in [0.25, 0.3) is 0 Å². The van der Waals surface area contributed by atoms with E-state index in [-0.39, 0.29) is 5.97 Å². The summed E-state index contributed by atoms with van der Waals surface area (Å²) < 4.78 is 4.65. The van der Waals surface area contributed by atoms with E-state index >= 15 is 0 Å². The third kappa shape index (κ3) is 23.9. The Morgan fingerprint density at radius 3 is 1.04 bits per heavy atom. The predicted molar refractivity (Wildman–Crippen MR) is 123 cm³/mol. The van der Waals surface area contributed by atoms with E-state index in [9.17, 15) is 4.79 Å². The molecule has 0 aliphatic heterocycles. The highest BCUT2D eigenvalue weighted by Gasteiger charge is 1.99. The molecular weight excluding hydrogens is 400 g/mol. The second-order valence-electron chi connectivity index (χ2n) is 8.09. The van der Waals surface area contributed by atoms with Crippen LogP contribution < -0.4 is 0 Å². The second-order valence-corrected chi connectivity index (χ2v) is 8.88. The van der Waals surface area contributed by atoms with Gasteiger partial charge in [-0.15, -0.1) is 0 Å². The molecule has 0 saturated heterocycles. The highest BCUT2D eigenvalue weighted by atomic mass is 79.9. The van der Waals surface area contributed by atoms with E-state index in [0.29, 0.717) is 6.42 Å². The van der Waals surface area contributed by atoms with Crippen LogP contribution in [0.15, 0.2) is 0 Å². The van der Waals surface area contributed by atoms with Crippen molar-refractivity contribution in [3.8, 4) is 0 Å². The van der Waals surface area contributed by atoms with Gasteiger partial charge >= 0.3 is 5.97 Å². The van der Waals surface area contributed by atoms with E-state index in [2.05, 4.69) is 20.7 Å². The predicted octanol–water partition coefficient (Wildman–Crippen LogP) is 8.75. The van der Waals surface area contributed by atoms with Crippen LogP contribution in [0.5, 0.6) is 0 Å². The second kappa shape index (κ2) is 24.0. The molecule has 0 aliphatic rings. The maximum atomic E-state index is 11.0. The number of ether oxygens (including phenoxy) is 1. The molecule has 0 amide bonds. The van der Waals surface area contributed by atoms with Crippen LogP contribution in [-0.4, -0.2) is 18.4 Å². The van der Waals surface area contributed by atoms with E-state index in [1.807, 2.05) is 0 Å². The highest BCUT2D eigenvalue weighted by Crippen LogP contribution is 2.15. The molecule has 2 nitrogen and oxygen atoms in total. The quantitative estimate of drug-likeness (QED) is 0.0942. The van der Waals surface area contributed by atoms with Gasteiger partial charge in [0.15, 0.2) is 0 Å². The molecule has 0 spiro atoms. The van der Waals surface area contributed by atoms with Crippen LogP contribution in [0.3, 0.4) is 0 Å². The third-order valence-corrected chi connectivity index (χ3v) is 6.05. The fourth-order valence-electron chi connectivity index (χ4n) is 3.65. The van der Waals surface area contributed by atoms with Crippen molar-refractivity contribution < 1.29 is 9.53 Å². The van der Waals surface area contributed by atoms with Gasteiger partial charge in [0.25, 0.3) is 0 Å². The lowest BCUT2D eigenvalue weighted by atomic mass is 10.0. The number of alkyl halides is 1. The summed E-state index contributed by atoms with van der Waals surface area (Å²) >= 11 is 3.50. The van der Waals surface area contributed by atoms with Crippen molar-refractivity contribution in [3.05, 3.63) is 0 Å². The molecule has 0 rings (SSSR count). The number of unbranched alkanes of at least 4 members (excludes halogenated alkanes) is 19. The minimum absolute atomic E-state index is 0.0635. The van der Waals surface area contributed by atoms with Gasteiger partial charge in [0, 0.05) is 11.8 Å². The number of hydrogen-bond donors (Lipinski definition) is 0. The fourth-order valence-corrected chi connectivity index (χ4v) is 4.04. The molecule has 0 bridgehead atoms. The summed E-state index contributed by atoms with van der Waals surface area (Å²) in [6, 6.07) is 0. The van der Waals surface area contributed by atoms with Gasteiger partial charge in [-0.1, -0.05) is 132 Å². The average molecular weight is 448 g/mol. The van der Waals surface area contributed by atoms with E-state index in [1.165, 1.54) is 134 Å². The molecule has 0 radical (unpaired) electrons. The number of halogens is 1. The molecule has 0 unspecified atom stereocenters. The Balaban J connectivity index is 3.00. The largest absolute Gasteiger partial charge is 0.469 e. The maximum absolute atomic E-state index is 11.0. The van der Waals surface area contributed by atoms with E-state index < -0.39 is 0 Å². The monoisotopic (exact) mass is 446 g/mol. The lowest BCUT2D eigenvalue weighted by Crippen LogP contribution is -1.99. The summed E-state index contributed by atoms with van der Waals surface area (Å²) in [5.74, 6) is -0.0635. The smallest absolute Gasteiger partial charge is 0.305 e. The number of carbonyl (C=O) groups is 1. The maximum Gasteiger partial charge on any atom is 0.305 e. The number of esters is 1. The number of rotatable bonds is 22. The Kier molecular flexibility index (Phi) is 23.9. The van der Waals surface area contributed by atoms with E-state index in [4.69, 9.17) is 0 Å². The number of methoxy groups -OCH3 is 1. The number of carbonyl (C=O) groups excluding carboxylic acids is 1. The minimum atomic E-state index is -0.0635. The van der Waals surface area contributed by atoms with Gasteiger partial charge in [-0.25, -0.2) is 0 Å². The van der Waals surface area contributed by atoms with Crippen LogP contribution >= 0.6 is 15.9 Å². The first-order valence-corrected chi connectivity index (χ1v) is 13.1. The van der Waals surface area contributed by atoms with Crippen molar-refractivity contribution in [2.75, 3.05) is 12.4 Å². The topological polar surface area (TPSA) is 26.3 Å². The minimum Gasteiger partial charge on any atom is -0.469 e. The van der Waals surface area contributed by atoms with Crippen molar-refractivity contribution in [1.29, 1.82) is 0 Å². The summed E-state index contributed by atoms with van der Waals surface area (Å²) in [5, 5.41) is 1.17. The standard InChI is InChI=1S/C24H47BrO2/c1-27-24(26)22-20-18-16-14-12-10-8-6-4-2-3-5-7-9-11-13-15-17-19-21-23-25/h2-23H2,1H3. The SMILES string of the molecule is COC(=O)CCCCCCCCCCCCCCCCCCCCCCBr. The first kappa shape index (κ1) is 27.0. The van der Waals surface area contributed by atoms with Crippen molar-refractivity contribution >= 4 is 21.9 Å². The highest BCUT2D eigenvalue weighted by molar-refractivity contribution is 9.09. The van der Waals surface area contributed by atoms with E-state index in [1.54, 1.807) is 0 Å². The van der Waals surface area contributed by atoms with E-state index in [0.717, 1.165) is 6.42 Å². The van der Waals surface area contributed by atoms with Gasteiger partial charge in [-0.05, 0) is 12.8 Å². The molecule has 0 N–H and O–H groups in total. The zero-order valence-corrected chi connectivity index (χ0v) is 19.8. The van der Waals surface area contributed by atoms with Crippen molar-refractivity contribution in [1.82, 2.24) is 0 Å². The van der Waals surface area contributed by atoms with Gasteiger partial charge < -0.3 is 4.74 Å². The molecule has 162 valence electrons. The zero-order chi connectivity index (χ0) is 19.8. The van der Waals surface area contributed by atoms with Crippen molar-refractivity contribution in [2.45, 2.75) is 135 Å². The third-order valence-electron chi connectivity index (χ3n) is 5.49. The van der Waals surface area contributed by atoms with Gasteiger partial charge in [0.05, 0.1) is 7.11 Å². The van der Waals surface area contributed by atoms with Crippen molar-refractivity contribution in [2.24, 2.45) is 0 Å². The van der Waals surface area contributed by atoms with Gasteiger partial charge in [0.2, 0.25) is 0 Å². The Hall–Kier alpha value is -0.0500. The van der Waals surface area contributed by atoms with Crippen LogP contribution in [0.4, 0.5) is 0 Å². The molecule has 0 fully saturated rings. The lowest BCUT2D eigenvalue weighted by molar-refractivity contribution is -0.140. The first-order chi connectivity index (χ1) is 13.3. The Morgan fingerprint density at radius 1 is 0.519 bits per heavy atom. The summed E-state index contributed by atoms with van der Waals surface area (Å²) in [6.07, 6.45) is 28.2. The zero-order valence-electron chi connectivity index (χ0n) is 18.3. The fraction of sp³-hybridized carbons (Fsp3) is 0.958. The van der Waals surface area contributed by atoms with Crippen LogP contribution in [0.1, 0.15) is 135 Å². The molecule has 0 heterocycles. The van der Waals surface area contributed by atoms with Crippen LogP contribution in [0, 0.1) is 0 Å². The Morgan fingerprint density at radius 2 is 0.778 bits per heavy atom. The van der Waals surface area contributed by atoms with Gasteiger partial charge in [-0.3, -0.25) is 4.79 Å². The Labute approximate surface area is 178 Å². The Bertz CT molecular complexity index is 294. The van der Waals surface area contributed by atoms with Crippen molar-refractivity contribution in [3.63, 3.8) is 0 Å². The molecular formula is C24H47BrO2. The summed E-state index contributed by atoms with van der Waals surface area (Å²) in [6.45, 7) is 0. The average Bonchev–Trinajstić information content (AvgIpc) is 2.68. The van der Waals surface area contributed by atoms with Gasteiger partial charge in [-0.2, -0.15) is 0 Å². The molecule has 0 aromatic carbocycles. The molecule has 0 atom stereocenters. The molecule has 27 heavy (non-hydrogen) atoms. The summed E-state index contributed by atoms with van der Waals surface area (Å²) in [4.78, 5) is 11.0. The normalized spacial score (nSPS) is 11.0. The molecule has 0 aliphatic carbocycles. The summed E-state index contributed by atoms with van der Waals surface area (Å²) in [7, 11) is 1.47. The molecule has 0 aromatic heterocycles. The number of hydrogen-bond acceptors (Lipinski definition) is 2. The molecule has 3 heteroatoms. The summed E-state index contributed by atoms with van der Waals surface area (Å²) in [5.41, 5.74) is 0. The molecule has 0 saturated carbocycles. The first-order valence-electron chi connectivity index (χ1n) is 11.9. The van der Waals surface area contributed by atoms with Crippen LogP contribution in [-0.2, 0) is 9.53 Å². The van der Waals surface area contributed by atoms with Gasteiger partial charge in [0.1, 0.15) is 0 Å². The van der Waals surface area contributed by atoms with Crippen LogP contribution in [0.2, 0.25) is 0 Å². The lowest BCUT2D eigenvalue weighted by Gasteiger charge is -2.04. The molecule has 0 aromatic rings.